The Kier molecular flexibility index (Phi) is 4.46. The predicted molar refractivity (Wildman–Crippen MR) is 72.3 cm³/mol. The van der Waals surface area contributed by atoms with Gasteiger partial charge in [-0.1, -0.05) is 0 Å². The minimum absolute atomic E-state index is 0.596. The summed E-state index contributed by atoms with van der Waals surface area (Å²) >= 11 is 5.30. The van der Waals surface area contributed by atoms with Crippen molar-refractivity contribution in [2.75, 3.05) is 26.9 Å². The standard InChI is InChI=1S/C12H17N3O2S/c1-9-3-4-13-11-10(9)14-12(18)15(11)5-6-17-8-7-16-2/h3-4H,5-8H2,1-2H3,(H,14,18). The van der Waals surface area contributed by atoms with Crippen LogP contribution in [0.15, 0.2) is 12.3 Å². The van der Waals surface area contributed by atoms with Crippen LogP contribution in [0.1, 0.15) is 5.56 Å². The van der Waals surface area contributed by atoms with E-state index in [4.69, 9.17) is 21.7 Å². The Hall–Kier alpha value is -1.24. The second-order valence-electron chi connectivity index (χ2n) is 4.01. The van der Waals surface area contributed by atoms with E-state index in [-0.39, 0.29) is 0 Å². The zero-order valence-electron chi connectivity index (χ0n) is 10.6. The number of nitrogens with one attached hydrogen (secondary N) is 1. The molecule has 1 N–H and O–H groups in total. The van der Waals surface area contributed by atoms with Crippen molar-refractivity contribution in [2.45, 2.75) is 13.5 Å². The summed E-state index contributed by atoms with van der Waals surface area (Å²) in [5.41, 5.74) is 3.03. The summed E-state index contributed by atoms with van der Waals surface area (Å²) < 4.78 is 13.0. The van der Waals surface area contributed by atoms with Crippen molar-refractivity contribution in [3.63, 3.8) is 0 Å². The molecule has 2 heterocycles. The molecule has 0 saturated carbocycles. The minimum Gasteiger partial charge on any atom is -0.382 e. The van der Waals surface area contributed by atoms with E-state index >= 15 is 0 Å². The number of methoxy groups -OCH3 is 1. The number of nitrogens with zero attached hydrogens (tertiary/aromatic N) is 2. The van der Waals surface area contributed by atoms with Gasteiger partial charge in [0.1, 0.15) is 0 Å². The molecule has 6 heteroatoms. The maximum atomic E-state index is 5.45. The number of aromatic amines is 1. The van der Waals surface area contributed by atoms with Crippen molar-refractivity contribution >= 4 is 23.4 Å². The average molecular weight is 267 g/mol. The lowest BCUT2D eigenvalue weighted by Crippen LogP contribution is -2.09. The SMILES string of the molecule is COCCOCCn1c(=S)[nH]c2c(C)ccnc21. The molecule has 18 heavy (non-hydrogen) atoms. The summed E-state index contributed by atoms with van der Waals surface area (Å²) in [7, 11) is 1.66. The van der Waals surface area contributed by atoms with Gasteiger partial charge < -0.3 is 14.5 Å². The Morgan fingerprint density at radius 2 is 2.22 bits per heavy atom. The van der Waals surface area contributed by atoms with E-state index in [1.165, 1.54) is 0 Å². The molecule has 2 rings (SSSR count). The van der Waals surface area contributed by atoms with Gasteiger partial charge in [-0.25, -0.2) is 4.98 Å². The molecule has 0 aliphatic rings. The van der Waals surface area contributed by atoms with Gasteiger partial charge in [0.15, 0.2) is 10.4 Å². The van der Waals surface area contributed by atoms with Crippen LogP contribution in [0.3, 0.4) is 0 Å². The molecule has 0 aliphatic carbocycles. The lowest BCUT2D eigenvalue weighted by atomic mass is 10.3. The molecule has 0 saturated heterocycles. The summed E-state index contributed by atoms with van der Waals surface area (Å²) in [5.74, 6) is 0. The molecule has 0 aromatic carbocycles. The van der Waals surface area contributed by atoms with E-state index in [1.54, 1.807) is 13.3 Å². The smallest absolute Gasteiger partial charge is 0.179 e. The maximum Gasteiger partial charge on any atom is 0.179 e. The third-order valence-corrected chi connectivity index (χ3v) is 3.09. The van der Waals surface area contributed by atoms with Crippen LogP contribution in [0.4, 0.5) is 0 Å². The molecule has 0 fully saturated rings. The van der Waals surface area contributed by atoms with Crippen molar-refractivity contribution in [3.05, 3.63) is 22.6 Å². The highest BCUT2D eigenvalue weighted by Crippen LogP contribution is 2.14. The Balaban J connectivity index is 2.11. The zero-order chi connectivity index (χ0) is 13.0. The lowest BCUT2D eigenvalue weighted by Gasteiger charge is -2.05. The van der Waals surface area contributed by atoms with Crippen LogP contribution < -0.4 is 0 Å². The van der Waals surface area contributed by atoms with Gasteiger partial charge in [-0.15, -0.1) is 0 Å². The van der Waals surface area contributed by atoms with Gasteiger partial charge in [-0.3, -0.25) is 4.57 Å². The van der Waals surface area contributed by atoms with Crippen LogP contribution in [-0.2, 0) is 16.0 Å². The predicted octanol–water partition coefficient (Wildman–Crippen LogP) is 2.07. The number of ether oxygens (including phenoxy) is 2. The number of rotatable bonds is 6. The van der Waals surface area contributed by atoms with E-state index in [0.717, 1.165) is 16.7 Å². The normalized spacial score (nSPS) is 11.2. The van der Waals surface area contributed by atoms with Gasteiger partial charge >= 0.3 is 0 Å². The number of imidazole rings is 1. The summed E-state index contributed by atoms with van der Waals surface area (Å²) in [5, 5.41) is 0. The fourth-order valence-electron chi connectivity index (χ4n) is 1.78. The first kappa shape index (κ1) is 13.2. The van der Waals surface area contributed by atoms with Gasteiger partial charge in [0.2, 0.25) is 0 Å². The molecule has 0 radical (unpaired) electrons. The second kappa shape index (κ2) is 6.08. The van der Waals surface area contributed by atoms with Gasteiger partial charge in [-0.2, -0.15) is 0 Å². The number of pyridine rings is 1. The minimum atomic E-state index is 0.596. The molecule has 0 aliphatic heterocycles. The van der Waals surface area contributed by atoms with Crippen molar-refractivity contribution < 1.29 is 9.47 Å². The largest absolute Gasteiger partial charge is 0.382 e. The number of H-pyrrole nitrogens is 1. The summed E-state index contributed by atoms with van der Waals surface area (Å²) in [6.45, 7) is 4.53. The Labute approximate surface area is 111 Å². The third-order valence-electron chi connectivity index (χ3n) is 2.76. The van der Waals surface area contributed by atoms with Crippen molar-refractivity contribution in [1.82, 2.24) is 14.5 Å². The second-order valence-corrected chi connectivity index (χ2v) is 4.40. The maximum absolute atomic E-state index is 5.45. The van der Waals surface area contributed by atoms with Crippen LogP contribution in [0, 0.1) is 11.7 Å². The van der Waals surface area contributed by atoms with Crippen molar-refractivity contribution in [1.29, 1.82) is 0 Å². The van der Waals surface area contributed by atoms with E-state index in [0.29, 0.717) is 31.1 Å². The van der Waals surface area contributed by atoms with Crippen LogP contribution in [-0.4, -0.2) is 41.5 Å². The molecule has 5 nitrogen and oxygen atoms in total. The topological polar surface area (TPSA) is 52.1 Å². The molecule has 0 amide bonds. The molecule has 98 valence electrons. The molecule has 0 atom stereocenters. The van der Waals surface area contributed by atoms with Gasteiger partial charge in [-0.05, 0) is 30.8 Å². The highest BCUT2D eigenvalue weighted by atomic mass is 32.1. The van der Waals surface area contributed by atoms with Gasteiger partial charge in [0, 0.05) is 13.3 Å². The van der Waals surface area contributed by atoms with Crippen molar-refractivity contribution in [2.24, 2.45) is 0 Å². The molecule has 0 spiro atoms. The highest BCUT2D eigenvalue weighted by Gasteiger charge is 2.06. The monoisotopic (exact) mass is 267 g/mol. The van der Waals surface area contributed by atoms with Crippen LogP contribution in [0.25, 0.3) is 11.2 Å². The van der Waals surface area contributed by atoms with Gasteiger partial charge in [0.25, 0.3) is 0 Å². The molecule has 0 unspecified atom stereocenters. The first-order chi connectivity index (χ1) is 8.74. The summed E-state index contributed by atoms with van der Waals surface area (Å²) in [6, 6.07) is 1.97. The molecule has 0 bridgehead atoms. The molecule has 2 aromatic rings. The average Bonchev–Trinajstić information content (AvgIpc) is 2.68. The van der Waals surface area contributed by atoms with Crippen LogP contribution >= 0.6 is 12.2 Å². The number of fused-ring (bicyclic) bond motifs is 1. The summed E-state index contributed by atoms with van der Waals surface area (Å²) in [6.07, 6.45) is 1.79. The van der Waals surface area contributed by atoms with E-state index in [1.807, 2.05) is 17.6 Å². The third kappa shape index (κ3) is 2.77. The molecule has 2 aromatic heterocycles. The Morgan fingerprint density at radius 1 is 1.39 bits per heavy atom. The number of aromatic nitrogens is 3. The highest BCUT2D eigenvalue weighted by molar-refractivity contribution is 7.71. The van der Waals surface area contributed by atoms with Crippen LogP contribution in [0.5, 0.6) is 0 Å². The first-order valence-electron chi connectivity index (χ1n) is 5.85. The first-order valence-corrected chi connectivity index (χ1v) is 6.25. The fourth-order valence-corrected chi connectivity index (χ4v) is 2.06. The van der Waals surface area contributed by atoms with Gasteiger partial charge in [0.05, 0.1) is 31.9 Å². The number of hydrogen-bond donors (Lipinski definition) is 1. The Bertz CT molecular complexity index is 576. The molecular formula is C12H17N3O2S. The quantitative estimate of drug-likeness (QED) is 0.643. The lowest BCUT2D eigenvalue weighted by molar-refractivity contribution is 0.0668. The summed E-state index contributed by atoms with van der Waals surface area (Å²) in [4.78, 5) is 7.55. The van der Waals surface area contributed by atoms with Crippen LogP contribution in [0.2, 0.25) is 0 Å². The number of aryl methyl sites for hydroxylation is 1. The van der Waals surface area contributed by atoms with Crippen molar-refractivity contribution in [3.8, 4) is 0 Å². The van der Waals surface area contributed by atoms with E-state index in [2.05, 4.69) is 9.97 Å². The fraction of sp³-hybridized carbons (Fsp3) is 0.500. The van der Waals surface area contributed by atoms with E-state index < -0.39 is 0 Å². The number of hydrogen-bond acceptors (Lipinski definition) is 4. The Morgan fingerprint density at radius 3 is 3.00 bits per heavy atom. The molecular weight excluding hydrogens is 250 g/mol. The zero-order valence-corrected chi connectivity index (χ0v) is 11.4. The van der Waals surface area contributed by atoms with E-state index in [9.17, 15) is 0 Å².